The second-order valence-corrected chi connectivity index (χ2v) is 11.1. The molecule has 9 nitrogen and oxygen atoms in total. The Bertz CT molecular complexity index is 1610. The van der Waals surface area contributed by atoms with E-state index in [1.807, 2.05) is 6.20 Å². The summed E-state index contributed by atoms with van der Waals surface area (Å²) in [6, 6.07) is 7.11. The van der Waals surface area contributed by atoms with Crippen LogP contribution in [0.25, 0.3) is 22.2 Å². The molecule has 4 aromatic rings. The van der Waals surface area contributed by atoms with E-state index in [9.17, 15) is 13.6 Å². The largest absolute Gasteiger partial charge is 0.383 e. The summed E-state index contributed by atoms with van der Waals surface area (Å²) in [5.74, 6) is -2.09. The van der Waals surface area contributed by atoms with Crippen molar-refractivity contribution in [2.45, 2.75) is 37.8 Å². The van der Waals surface area contributed by atoms with Crippen molar-refractivity contribution in [1.82, 2.24) is 24.3 Å². The van der Waals surface area contributed by atoms with Crippen molar-refractivity contribution in [3.05, 3.63) is 66.4 Å². The summed E-state index contributed by atoms with van der Waals surface area (Å²) in [4.78, 5) is 26.1. The number of fused-ring (bicyclic) bond motifs is 1. The summed E-state index contributed by atoms with van der Waals surface area (Å²) in [5, 5.41) is 5.28. The molecule has 1 aliphatic carbocycles. The fraction of sp³-hybridized carbons (Fsp3) is 0.367. The van der Waals surface area contributed by atoms with Gasteiger partial charge in [-0.2, -0.15) is 0 Å². The predicted molar refractivity (Wildman–Crippen MR) is 157 cm³/mol. The Kier molecular flexibility index (Phi) is 7.74. The van der Waals surface area contributed by atoms with Gasteiger partial charge in [0, 0.05) is 56.1 Å². The van der Waals surface area contributed by atoms with Crippen LogP contribution in [0.2, 0.25) is 0 Å². The van der Waals surface area contributed by atoms with E-state index in [1.165, 1.54) is 18.5 Å². The quantitative estimate of drug-likeness (QED) is 0.290. The summed E-state index contributed by atoms with van der Waals surface area (Å²) < 4.78 is 44.4. The zero-order chi connectivity index (χ0) is 29.4. The van der Waals surface area contributed by atoms with Crippen LogP contribution in [0.3, 0.4) is 0 Å². The SMILES string of the molecule is CN1CCN(C2CCC(n3cc(-c4ccc(NC(=O)Nc5ccc(F)cc5F)c(F)c4)c4c(N)ncnc43)CC2)CC1. The van der Waals surface area contributed by atoms with E-state index in [1.54, 1.807) is 6.07 Å². The van der Waals surface area contributed by atoms with Gasteiger partial charge >= 0.3 is 6.03 Å². The number of rotatable bonds is 5. The summed E-state index contributed by atoms with van der Waals surface area (Å²) in [7, 11) is 2.17. The third kappa shape index (κ3) is 5.64. The van der Waals surface area contributed by atoms with Crippen LogP contribution < -0.4 is 16.4 Å². The van der Waals surface area contributed by atoms with E-state index in [-0.39, 0.29) is 17.4 Å². The molecular weight excluding hydrogens is 545 g/mol. The molecule has 42 heavy (non-hydrogen) atoms. The Labute approximate surface area is 241 Å². The second-order valence-electron chi connectivity index (χ2n) is 11.1. The van der Waals surface area contributed by atoms with Crippen LogP contribution in [0.5, 0.6) is 0 Å². The van der Waals surface area contributed by atoms with Gasteiger partial charge in [-0.15, -0.1) is 0 Å². The number of halogens is 3. The van der Waals surface area contributed by atoms with Gasteiger partial charge in [0.1, 0.15) is 35.2 Å². The van der Waals surface area contributed by atoms with Crippen LogP contribution >= 0.6 is 0 Å². The first-order valence-electron chi connectivity index (χ1n) is 14.1. The number of benzene rings is 2. The molecule has 1 saturated heterocycles. The zero-order valence-electron chi connectivity index (χ0n) is 23.3. The molecule has 0 radical (unpaired) electrons. The predicted octanol–water partition coefficient (Wildman–Crippen LogP) is 5.47. The number of piperazine rings is 1. The third-order valence-electron chi connectivity index (χ3n) is 8.46. The lowest BCUT2D eigenvalue weighted by Crippen LogP contribution is -2.49. The maximum Gasteiger partial charge on any atom is 0.323 e. The molecule has 1 saturated carbocycles. The van der Waals surface area contributed by atoms with Gasteiger partial charge in [0.2, 0.25) is 0 Å². The fourth-order valence-corrected chi connectivity index (χ4v) is 6.14. The molecule has 3 heterocycles. The number of carbonyl (C=O) groups is 1. The van der Waals surface area contributed by atoms with Gasteiger partial charge in [-0.3, -0.25) is 4.90 Å². The van der Waals surface area contributed by atoms with Crippen molar-refractivity contribution in [2.24, 2.45) is 0 Å². The number of amides is 2. The molecular formula is C30H33F3N8O. The van der Waals surface area contributed by atoms with Gasteiger partial charge in [-0.25, -0.2) is 27.9 Å². The molecule has 2 aromatic heterocycles. The minimum atomic E-state index is -0.940. The van der Waals surface area contributed by atoms with Crippen molar-refractivity contribution in [2.75, 3.05) is 49.6 Å². The topological polar surface area (TPSA) is 104 Å². The molecule has 4 N–H and O–H groups in total. The average molecular weight is 579 g/mol. The van der Waals surface area contributed by atoms with Gasteiger partial charge in [0.15, 0.2) is 0 Å². The highest BCUT2D eigenvalue weighted by Gasteiger charge is 2.30. The van der Waals surface area contributed by atoms with E-state index in [4.69, 9.17) is 5.73 Å². The molecule has 1 aliphatic heterocycles. The number of nitrogens with zero attached hydrogens (tertiary/aromatic N) is 5. The number of urea groups is 1. The molecule has 6 rings (SSSR count). The highest BCUT2D eigenvalue weighted by molar-refractivity contribution is 6.02. The highest BCUT2D eigenvalue weighted by Crippen LogP contribution is 2.39. The van der Waals surface area contributed by atoms with Crippen LogP contribution in [-0.4, -0.2) is 69.6 Å². The fourth-order valence-electron chi connectivity index (χ4n) is 6.14. The number of hydrogen-bond donors (Lipinski definition) is 3. The molecule has 0 atom stereocenters. The monoisotopic (exact) mass is 578 g/mol. The van der Waals surface area contributed by atoms with E-state index in [0.717, 1.165) is 64.0 Å². The first-order chi connectivity index (χ1) is 20.3. The summed E-state index contributed by atoms with van der Waals surface area (Å²) >= 11 is 0. The van der Waals surface area contributed by atoms with E-state index in [2.05, 4.69) is 42.0 Å². The first kappa shape index (κ1) is 28.0. The Morgan fingerprint density at radius 1 is 0.881 bits per heavy atom. The van der Waals surface area contributed by atoms with Gasteiger partial charge in [0.05, 0.1) is 16.8 Å². The third-order valence-corrected chi connectivity index (χ3v) is 8.46. The maximum atomic E-state index is 15.2. The smallest absolute Gasteiger partial charge is 0.323 e. The van der Waals surface area contributed by atoms with Gasteiger partial charge in [0.25, 0.3) is 0 Å². The Balaban J connectivity index is 1.21. The molecule has 2 aliphatic rings. The number of anilines is 3. The molecule has 0 bridgehead atoms. The Morgan fingerprint density at radius 2 is 1.52 bits per heavy atom. The number of likely N-dealkylation sites (N-methyl/N-ethyl adjacent to an activating group) is 1. The lowest BCUT2D eigenvalue weighted by atomic mass is 9.89. The highest BCUT2D eigenvalue weighted by atomic mass is 19.1. The molecule has 0 unspecified atom stereocenters. The van der Waals surface area contributed by atoms with E-state index < -0.39 is 23.5 Å². The lowest BCUT2D eigenvalue weighted by Gasteiger charge is -2.41. The lowest BCUT2D eigenvalue weighted by molar-refractivity contribution is 0.0828. The zero-order valence-corrected chi connectivity index (χ0v) is 23.3. The number of nitrogens with one attached hydrogen (secondary N) is 2. The van der Waals surface area contributed by atoms with Gasteiger partial charge in [-0.05, 0) is 62.6 Å². The van der Waals surface area contributed by atoms with Crippen molar-refractivity contribution in [1.29, 1.82) is 0 Å². The molecule has 220 valence electrons. The number of nitrogens with two attached hydrogens (primary N) is 1. The van der Waals surface area contributed by atoms with Crippen LogP contribution in [-0.2, 0) is 0 Å². The van der Waals surface area contributed by atoms with Crippen LogP contribution in [0.1, 0.15) is 31.7 Å². The minimum Gasteiger partial charge on any atom is -0.383 e. The molecule has 2 amide bonds. The van der Waals surface area contributed by atoms with Crippen molar-refractivity contribution in [3.63, 3.8) is 0 Å². The second kappa shape index (κ2) is 11.6. The number of nitrogen functional groups attached to an aromatic ring is 1. The first-order valence-corrected chi connectivity index (χ1v) is 14.1. The van der Waals surface area contributed by atoms with Crippen LogP contribution in [0.4, 0.5) is 35.2 Å². The summed E-state index contributed by atoms with van der Waals surface area (Å²) in [5.41, 5.74) is 7.94. The molecule has 2 aromatic carbocycles. The van der Waals surface area contributed by atoms with Crippen LogP contribution in [0, 0.1) is 17.5 Å². The van der Waals surface area contributed by atoms with E-state index in [0.29, 0.717) is 40.1 Å². The van der Waals surface area contributed by atoms with Gasteiger partial charge in [-0.1, -0.05) is 6.07 Å². The molecule has 2 fully saturated rings. The number of carbonyl (C=O) groups excluding carboxylic acids is 1. The average Bonchev–Trinajstić information content (AvgIpc) is 3.37. The number of hydrogen-bond acceptors (Lipinski definition) is 6. The van der Waals surface area contributed by atoms with Gasteiger partial charge < -0.3 is 25.8 Å². The van der Waals surface area contributed by atoms with Crippen molar-refractivity contribution < 1.29 is 18.0 Å². The standard InChI is InChI=1S/C30H33F3N8O/c1-39-10-12-40(13-11-39)20-4-6-21(7-5-20)41-16-22(27-28(34)35-17-36-29(27)41)18-2-8-25(23(32)14-18)37-30(42)38-26-9-3-19(31)15-24(26)33/h2-3,8-9,14-17,20-21H,4-7,10-13H2,1H3,(H2,34,35,36)(H2,37,38,42). The maximum absolute atomic E-state index is 15.2. The minimum absolute atomic E-state index is 0.103. The number of aromatic nitrogens is 3. The van der Waals surface area contributed by atoms with Crippen LogP contribution in [0.15, 0.2) is 48.9 Å². The Hall–Kier alpha value is -4.16. The Morgan fingerprint density at radius 3 is 2.19 bits per heavy atom. The molecule has 0 spiro atoms. The summed E-state index contributed by atoms with van der Waals surface area (Å²) in [6.07, 6.45) is 7.63. The van der Waals surface area contributed by atoms with Crippen molar-refractivity contribution in [3.8, 4) is 11.1 Å². The molecule has 12 heteroatoms. The summed E-state index contributed by atoms with van der Waals surface area (Å²) in [6.45, 7) is 4.41. The normalized spacial score (nSPS) is 20.1. The van der Waals surface area contributed by atoms with Crippen molar-refractivity contribution >= 4 is 34.3 Å². The van der Waals surface area contributed by atoms with E-state index >= 15 is 4.39 Å².